The van der Waals surface area contributed by atoms with E-state index in [1.165, 1.54) is 0 Å². The normalized spacial score (nSPS) is 22.9. The van der Waals surface area contributed by atoms with Gasteiger partial charge in [-0.2, -0.15) is 4.98 Å². The number of nitrogens with one attached hydrogen (secondary N) is 2. The lowest BCUT2D eigenvalue weighted by Crippen LogP contribution is -2.39. The molecule has 1 saturated heterocycles. The number of hydrogen-bond donors (Lipinski definition) is 3. The third kappa shape index (κ3) is 2.21. The first-order valence-corrected chi connectivity index (χ1v) is 5.86. The highest BCUT2D eigenvalue weighted by atomic mass is 16.2. The summed E-state index contributed by atoms with van der Waals surface area (Å²) in [6, 6.07) is 1.82. The lowest BCUT2D eigenvalue weighted by molar-refractivity contribution is -0.128. The predicted octanol–water partition coefficient (Wildman–Crippen LogP) is -0.275. The van der Waals surface area contributed by atoms with E-state index in [4.69, 9.17) is 5.84 Å². The van der Waals surface area contributed by atoms with E-state index in [2.05, 4.69) is 25.6 Å². The molecule has 2 heterocycles. The van der Waals surface area contributed by atoms with Gasteiger partial charge in [-0.25, -0.2) is 10.8 Å². The van der Waals surface area contributed by atoms with Crippen molar-refractivity contribution < 1.29 is 4.79 Å². The monoisotopic (exact) mass is 250 g/mol. The Kier molecular flexibility index (Phi) is 3.33. The fraction of sp³-hybridized carbons (Fsp3) is 0.545. The molecule has 2 rings (SSSR count). The van der Waals surface area contributed by atoms with Gasteiger partial charge in [0.05, 0.1) is 5.41 Å². The summed E-state index contributed by atoms with van der Waals surface area (Å²) in [5, 5.41) is 2.71. The summed E-state index contributed by atoms with van der Waals surface area (Å²) in [6.07, 6.45) is 2.45. The number of nitrogen functional groups attached to an aromatic ring is 1. The minimum atomic E-state index is -0.365. The fourth-order valence-corrected chi connectivity index (χ4v) is 2.24. The van der Waals surface area contributed by atoms with E-state index < -0.39 is 0 Å². The number of nitrogens with zero attached hydrogens (tertiary/aromatic N) is 3. The molecule has 1 amide bonds. The molecule has 0 aromatic carbocycles. The highest BCUT2D eigenvalue weighted by Gasteiger charge is 2.40. The van der Waals surface area contributed by atoms with Gasteiger partial charge in [-0.3, -0.25) is 10.2 Å². The summed E-state index contributed by atoms with van der Waals surface area (Å²) in [7, 11) is 1.66. The van der Waals surface area contributed by atoms with Crippen molar-refractivity contribution in [1.29, 1.82) is 0 Å². The Bertz CT molecular complexity index is 451. The first kappa shape index (κ1) is 12.6. The van der Waals surface area contributed by atoms with E-state index >= 15 is 0 Å². The molecule has 0 bridgehead atoms. The molecule has 98 valence electrons. The van der Waals surface area contributed by atoms with Gasteiger partial charge in [-0.05, 0) is 19.4 Å². The van der Waals surface area contributed by atoms with Crippen LogP contribution in [-0.2, 0) is 4.79 Å². The van der Waals surface area contributed by atoms with Crippen LogP contribution in [0.1, 0.15) is 13.3 Å². The second-order valence-electron chi connectivity index (χ2n) is 4.69. The van der Waals surface area contributed by atoms with Gasteiger partial charge in [-0.1, -0.05) is 0 Å². The molecule has 4 N–H and O–H groups in total. The summed E-state index contributed by atoms with van der Waals surface area (Å²) in [5.74, 6) is 6.51. The van der Waals surface area contributed by atoms with Crippen LogP contribution in [0.3, 0.4) is 0 Å². The van der Waals surface area contributed by atoms with Crippen LogP contribution in [0, 0.1) is 5.41 Å². The Balaban J connectivity index is 2.15. The SMILES string of the molecule is CNC(=O)C1(C)CCN(c2ccnc(NN)n2)C1. The smallest absolute Gasteiger partial charge is 0.239 e. The van der Waals surface area contributed by atoms with Gasteiger partial charge < -0.3 is 10.2 Å². The highest BCUT2D eigenvalue weighted by Crippen LogP contribution is 2.32. The van der Waals surface area contributed by atoms with Crippen molar-refractivity contribution in [3.05, 3.63) is 12.3 Å². The van der Waals surface area contributed by atoms with Gasteiger partial charge in [0, 0.05) is 26.3 Å². The summed E-state index contributed by atoms with van der Waals surface area (Å²) in [5.41, 5.74) is 2.05. The molecule has 18 heavy (non-hydrogen) atoms. The average molecular weight is 250 g/mol. The zero-order chi connectivity index (χ0) is 13.2. The number of rotatable bonds is 3. The molecule has 1 fully saturated rings. The molecular formula is C11H18N6O. The van der Waals surface area contributed by atoms with Crippen LogP contribution in [0.2, 0.25) is 0 Å². The first-order valence-electron chi connectivity index (χ1n) is 5.86. The van der Waals surface area contributed by atoms with Crippen LogP contribution in [0.25, 0.3) is 0 Å². The van der Waals surface area contributed by atoms with Crippen molar-refractivity contribution in [2.45, 2.75) is 13.3 Å². The minimum Gasteiger partial charge on any atom is -0.359 e. The molecule has 7 nitrogen and oxygen atoms in total. The molecule has 1 unspecified atom stereocenters. The maximum Gasteiger partial charge on any atom is 0.239 e. The zero-order valence-electron chi connectivity index (χ0n) is 10.6. The third-order valence-electron chi connectivity index (χ3n) is 3.34. The van der Waals surface area contributed by atoms with Gasteiger partial charge in [0.25, 0.3) is 0 Å². The molecule has 1 aromatic heterocycles. The van der Waals surface area contributed by atoms with Crippen LogP contribution >= 0.6 is 0 Å². The molecular weight excluding hydrogens is 232 g/mol. The summed E-state index contributed by atoms with van der Waals surface area (Å²) < 4.78 is 0. The average Bonchev–Trinajstić information content (AvgIpc) is 2.82. The van der Waals surface area contributed by atoms with E-state index in [1.54, 1.807) is 13.2 Å². The Hall–Kier alpha value is -1.89. The van der Waals surface area contributed by atoms with Gasteiger partial charge in [0.15, 0.2) is 0 Å². The van der Waals surface area contributed by atoms with E-state index in [9.17, 15) is 4.79 Å². The standard InChI is InChI=1S/C11H18N6O/c1-11(9(18)13-2)4-6-17(7-11)8-3-5-14-10(15-8)16-12/h3,5H,4,6-7,12H2,1-2H3,(H,13,18)(H,14,15,16). The number of anilines is 2. The van der Waals surface area contributed by atoms with Gasteiger partial charge in [0.1, 0.15) is 5.82 Å². The van der Waals surface area contributed by atoms with Crippen molar-refractivity contribution in [2.24, 2.45) is 11.3 Å². The van der Waals surface area contributed by atoms with Crippen molar-refractivity contribution in [2.75, 3.05) is 30.5 Å². The quantitative estimate of drug-likeness (QED) is 0.504. The van der Waals surface area contributed by atoms with Crippen LogP contribution in [0.15, 0.2) is 12.3 Å². The molecule has 7 heteroatoms. The second-order valence-corrected chi connectivity index (χ2v) is 4.69. The molecule has 1 aliphatic heterocycles. The lowest BCUT2D eigenvalue weighted by atomic mass is 9.89. The number of amides is 1. The van der Waals surface area contributed by atoms with Crippen molar-refractivity contribution in [3.8, 4) is 0 Å². The molecule has 0 radical (unpaired) electrons. The van der Waals surface area contributed by atoms with Gasteiger partial charge in [-0.15, -0.1) is 0 Å². The number of hydrogen-bond acceptors (Lipinski definition) is 6. The van der Waals surface area contributed by atoms with E-state index in [1.807, 2.05) is 13.0 Å². The maximum atomic E-state index is 11.8. The number of carbonyl (C=O) groups excluding carboxylic acids is 1. The molecule has 0 saturated carbocycles. The first-order chi connectivity index (χ1) is 8.59. The van der Waals surface area contributed by atoms with Crippen LogP contribution in [0.5, 0.6) is 0 Å². The Morgan fingerprint density at radius 3 is 3.06 bits per heavy atom. The Morgan fingerprint density at radius 1 is 1.61 bits per heavy atom. The number of hydrazine groups is 1. The predicted molar refractivity (Wildman–Crippen MR) is 68.8 cm³/mol. The number of aromatic nitrogens is 2. The minimum absolute atomic E-state index is 0.0660. The van der Waals surface area contributed by atoms with Crippen LogP contribution in [0.4, 0.5) is 11.8 Å². The van der Waals surface area contributed by atoms with E-state index in [-0.39, 0.29) is 11.3 Å². The maximum absolute atomic E-state index is 11.8. The molecule has 1 aliphatic rings. The Labute approximate surface area is 106 Å². The zero-order valence-corrected chi connectivity index (χ0v) is 10.6. The number of nitrogens with two attached hydrogens (primary N) is 1. The third-order valence-corrected chi connectivity index (χ3v) is 3.34. The molecule has 0 aliphatic carbocycles. The summed E-state index contributed by atoms with van der Waals surface area (Å²) >= 11 is 0. The van der Waals surface area contributed by atoms with Crippen molar-refractivity contribution in [1.82, 2.24) is 15.3 Å². The Morgan fingerprint density at radius 2 is 2.39 bits per heavy atom. The fourth-order valence-electron chi connectivity index (χ4n) is 2.24. The van der Waals surface area contributed by atoms with Gasteiger partial charge in [0.2, 0.25) is 11.9 Å². The van der Waals surface area contributed by atoms with Crippen LogP contribution < -0.4 is 21.5 Å². The lowest BCUT2D eigenvalue weighted by Gasteiger charge is -2.23. The second kappa shape index (κ2) is 4.77. The number of carbonyl (C=O) groups is 1. The van der Waals surface area contributed by atoms with E-state index in [0.29, 0.717) is 12.5 Å². The van der Waals surface area contributed by atoms with Crippen molar-refractivity contribution in [3.63, 3.8) is 0 Å². The summed E-state index contributed by atoms with van der Waals surface area (Å²) in [6.45, 7) is 3.41. The molecule has 1 atom stereocenters. The van der Waals surface area contributed by atoms with Crippen LogP contribution in [-0.4, -0.2) is 36.0 Å². The molecule has 1 aromatic rings. The topological polar surface area (TPSA) is 96.2 Å². The van der Waals surface area contributed by atoms with Gasteiger partial charge >= 0.3 is 0 Å². The summed E-state index contributed by atoms with van der Waals surface area (Å²) in [4.78, 5) is 22.1. The largest absolute Gasteiger partial charge is 0.359 e. The molecule has 0 spiro atoms. The van der Waals surface area contributed by atoms with E-state index in [0.717, 1.165) is 18.8 Å². The highest BCUT2D eigenvalue weighted by molar-refractivity contribution is 5.83. The van der Waals surface area contributed by atoms with Crippen molar-refractivity contribution >= 4 is 17.7 Å².